The van der Waals surface area contributed by atoms with E-state index >= 15 is 0 Å². The molecule has 0 saturated heterocycles. The number of nitrogens with one attached hydrogen (secondary N) is 1. The lowest BCUT2D eigenvalue weighted by Crippen LogP contribution is -2.27. The van der Waals surface area contributed by atoms with E-state index in [0.29, 0.717) is 22.6 Å². The molecular weight excluding hydrogens is 422 g/mol. The minimum absolute atomic E-state index is 0.135. The molecule has 7 heteroatoms. The van der Waals surface area contributed by atoms with Gasteiger partial charge in [0.1, 0.15) is 5.75 Å². The SMILES string of the molecule is COc1ccc(Cn2c(SC(C)C(=O)Nc3ccccc3)nc3ccccc3c2=O)cc1. The van der Waals surface area contributed by atoms with Crippen LogP contribution in [0.4, 0.5) is 5.69 Å². The Morgan fingerprint density at radius 2 is 1.72 bits per heavy atom. The summed E-state index contributed by atoms with van der Waals surface area (Å²) in [5.74, 6) is 0.596. The summed E-state index contributed by atoms with van der Waals surface area (Å²) in [6, 6.07) is 24.1. The van der Waals surface area contributed by atoms with Gasteiger partial charge in [-0.1, -0.05) is 54.2 Å². The number of aromatic nitrogens is 2. The molecule has 1 N–H and O–H groups in total. The molecule has 3 aromatic carbocycles. The Hall–Kier alpha value is -3.58. The highest BCUT2D eigenvalue weighted by molar-refractivity contribution is 8.00. The van der Waals surface area contributed by atoms with Crippen molar-refractivity contribution in [3.63, 3.8) is 0 Å². The van der Waals surface area contributed by atoms with Gasteiger partial charge in [-0.15, -0.1) is 0 Å². The quantitative estimate of drug-likeness (QED) is 0.333. The smallest absolute Gasteiger partial charge is 0.262 e. The Kier molecular flexibility index (Phi) is 6.56. The van der Waals surface area contributed by atoms with Gasteiger partial charge in [0.25, 0.3) is 5.56 Å². The average molecular weight is 446 g/mol. The number of hydrogen-bond acceptors (Lipinski definition) is 5. The van der Waals surface area contributed by atoms with Crippen LogP contribution in [-0.2, 0) is 11.3 Å². The van der Waals surface area contributed by atoms with Crippen LogP contribution in [0, 0.1) is 0 Å². The monoisotopic (exact) mass is 445 g/mol. The van der Waals surface area contributed by atoms with Crippen LogP contribution in [0.15, 0.2) is 88.8 Å². The van der Waals surface area contributed by atoms with Gasteiger partial charge in [-0.3, -0.25) is 14.2 Å². The van der Waals surface area contributed by atoms with Crippen molar-refractivity contribution in [1.29, 1.82) is 0 Å². The van der Waals surface area contributed by atoms with E-state index in [4.69, 9.17) is 9.72 Å². The van der Waals surface area contributed by atoms with E-state index in [9.17, 15) is 9.59 Å². The molecule has 0 aliphatic rings. The lowest BCUT2D eigenvalue weighted by Gasteiger charge is -2.16. The second kappa shape index (κ2) is 9.70. The number of amides is 1. The van der Waals surface area contributed by atoms with Crippen LogP contribution in [0.1, 0.15) is 12.5 Å². The molecular formula is C25H23N3O3S. The zero-order valence-corrected chi connectivity index (χ0v) is 18.6. The highest BCUT2D eigenvalue weighted by atomic mass is 32.2. The summed E-state index contributed by atoms with van der Waals surface area (Å²) >= 11 is 1.27. The highest BCUT2D eigenvalue weighted by Gasteiger charge is 2.20. The van der Waals surface area contributed by atoms with Crippen LogP contribution in [0.3, 0.4) is 0 Å². The van der Waals surface area contributed by atoms with Crippen molar-refractivity contribution < 1.29 is 9.53 Å². The largest absolute Gasteiger partial charge is 0.497 e. The predicted octanol–water partition coefficient (Wildman–Crippen LogP) is 4.57. The standard InChI is InChI=1S/C25H23N3O3S/c1-17(23(29)26-19-8-4-3-5-9-19)32-25-27-22-11-7-6-10-21(22)24(30)28(25)16-18-12-14-20(31-2)15-13-18/h3-15,17H,16H2,1-2H3,(H,26,29). The number of carbonyl (C=O) groups is 1. The van der Waals surface area contributed by atoms with Gasteiger partial charge in [0.05, 0.1) is 29.8 Å². The van der Waals surface area contributed by atoms with Gasteiger partial charge in [-0.05, 0) is 48.9 Å². The number of fused-ring (bicyclic) bond motifs is 1. The summed E-state index contributed by atoms with van der Waals surface area (Å²) in [4.78, 5) is 30.8. The normalized spacial score (nSPS) is 11.8. The number of para-hydroxylation sites is 2. The summed E-state index contributed by atoms with van der Waals surface area (Å²) in [7, 11) is 1.61. The summed E-state index contributed by atoms with van der Waals surface area (Å²) in [6.45, 7) is 2.15. The van der Waals surface area contributed by atoms with E-state index in [1.165, 1.54) is 11.8 Å². The molecule has 0 fully saturated rings. The highest BCUT2D eigenvalue weighted by Crippen LogP contribution is 2.24. The van der Waals surface area contributed by atoms with E-state index < -0.39 is 5.25 Å². The minimum atomic E-state index is -0.453. The van der Waals surface area contributed by atoms with Crippen molar-refractivity contribution >= 4 is 34.3 Å². The summed E-state index contributed by atoms with van der Waals surface area (Å²) < 4.78 is 6.85. The number of benzene rings is 3. The van der Waals surface area contributed by atoms with Crippen molar-refractivity contribution in [2.75, 3.05) is 12.4 Å². The molecule has 0 saturated carbocycles. The lowest BCUT2D eigenvalue weighted by atomic mass is 10.2. The lowest BCUT2D eigenvalue weighted by molar-refractivity contribution is -0.115. The Morgan fingerprint density at radius 3 is 2.44 bits per heavy atom. The maximum Gasteiger partial charge on any atom is 0.262 e. The summed E-state index contributed by atoms with van der Waals surface area (Å²) in [5.41, 5.74) is 2.14. The van der Waals surface area contributed by atoms with Gasteiger partial charge in [0.2, 0.25) is 5.91 Å². The topological polar surface area (TPSA) is 73.2 Å². The number of ether oxygens (including phenoxy) is 1. The Bertz CT molecular complexity index is 1290. The second-order valence-corrected chi connectivity index (χ2v) is 8.57. The van der Waals surface area contributed by atoms with E-state index in [2.05, 4.69) is 5.32 Å². The Labute approximate surface area is 190 Å². The fraction of sp³-hybridized carbons (Fsp3) is 0.160. The first-order chi connectivity index (χ1) is 15.5. The van der Waals surface area contributed by atoms with Crippen LogP contribution in [0.5, 0.6) is 5.75 Å². The summed E-state index contributed by atoms with van der Waals surface area (Å²) in [6.07, 6.45) is 0. The van der Waals surface area contributed by atoms with E-state index in [1.807, 2.05) is 79.7 Å². The number of methoxy groups -OCH3 is 1. The molecule has 6 nitrogen and oxygen atoms in total. The molecule has 32 heavy (non-hydrogen) atoms. The molecule has 0 spiro atoms. The Morgan fingerprint density at radius 1 is 1.03 bits per heavy atom. The van der Waals surface area contributed by atoms with Gasteiger partial charge in [0.15, 0.2) is 5.16 Å². The van der Waals surface area contributed by atoms with Crippen molar-refractivity contribution in [1.82, 2.24) is 9.55 Å². The number of anilines is 1. The molecule has 1 unspecified atom stereocenters. The van der Waals surface area contributed by atoms with Crippen LogP contribution < -0.4 is 15.6 Å². The molecule has 1 atom stereocenters. The van der Waals surface area contributed by atoms with Crippen LogP contribution in [-0.4, -0.2) is 27.8 Å². The van der Waals surface area contributed by atoms with Gasteiger partial charge in [0, 0.05) is 5.69 Å². The first-order valence-corrected chi connectivity index (χ1v) is 11.1. The molecule has 0 aliphatic heterocycles. The zero-order valence-electron chi connectivity index (χ0n) is 17.8. The van der Waals surface area contributed by atoms with Gasteiger partial charge in [-0.25, -0.2) is 4.98 Å². The number of rotatable bonds is 7. The number of thioether (sulfide) groups is 1. The van der Waals surface area contributed by atoms with Crippen LogP contribution in [0.2, 0.25) is 0 Å². The van der Waals surface area contributed by atoms with Gasteiger partial charge >= 0.3 is 0 Å². The molecule has 4 aromatic rings. The van der Waals surface area contributed by atoms with Crippen molar-refractivity contribution in [3.8, 4) is 5.75 Å². The van der Waals surface area contributed by atoms with Gasteiger partial charge < -0.3 is 10.1 Å². The van der Waals surface area contributed by atoms with Crippen molar-refractivity contribution in [2.24, 2.45) is 0 Å². The third-order valence-electron chi connectivity index (χ3n) is 5.02. The van der Waals surface area contributed by atoms with Crippen LogP contribution in [0.25, 0.3) is 10.9 Å². The van der Waals surface area contributed by atoms with E-state index in [1.54, 1.807) is 17.7 Å². The predicted molar refractivity (Wildman–Crippen MR) is 128 cm³/mol. The maximum absolute atomic E-state index is 13.3. The average Bonchev–Trinajstić information content (AvgIpc) is 2.82. The molecule has 162 valence electrons. The molecule has 0 bridgehead atoms. The summed E-state index contributed by atoms with van der Waals surface area (Å²) in [5, 5.41) is 3.50. The van der Waals surface area contributed by atoms with E-state index in [0.717, 1.165) is 17.0 Å². The van der Waals surface area contributed by atoms with E-state index in [-0.39, 0.29) is 11.5 Å². The fourth-order valence-electron chi connectivity index (χ4n) is 3.27. The Balaban J connectivity index is 1.66. The van der Waals surface area contributed by atoms with Crippen LogP contribution >= 0.6 is 11.8 Å². The fourth-order valence-corrected chi connectivity index (χ4v) is 4.18. The molecule has 1 amide bonds. The molecule has 0 aliphatic carbocycles. The molecule has 1 aromatic heterocycles. The first kappa shape index (κ1) is 21.6. The third kappa shape index (κ3) is 4.84. The molecule has 4 rings (SSSR count). The number of hydrogen-bond donors (Lipinski definition) is 1. The zero-order chi connectivity index (χ0) is 22.5. The van der Waals surface area contributed by atoms with Gasteiger partial charge in [-0.2, -0.15) is 0 Å². The second-order valence-electron chi connectivity index (χ2n) is 7.27. The van der Waals surface area contributed by atoms with Crippen molar-refractivity contribution in [2.45, 2.75) is 23.9 Å². The minimum Gasteiger partial charge on any atom is -0.497 e. The molecule has 1 heterocycles. The number of nitrogens with zero attached hydrogens (tertiary/aromatic N) is 2. The van der Waals surface area contributed by atoms with Crippen molar-refractivity contribution in [3.05, 3.63) is 94.8 Å². The first-order valence-electron chi connectivity index (χ1n) is 10.2. The molecule has 0 radical (unpaired) electrons. The number of carbonyl (C=O) groups excluding carboxylic acids is 1. The third-order valence-corrected chi connectivity index (χ3v) is 6.11. The maximum atomic E-state index is 13.3.